The predicted molar refractivity (Wildman–Crippen MR) is 81.0 cm³/mol. The van der Waals surface area contributed by atoms with Gasteiger partial charge in [0.15, 0.2) is 0 Å². The number of hydrogen-bond acceptors (Lipinski definition) is 4. The summed E-state index contributed by atoms with van der Waals surface area (Å²) in [6.45, 7) is 5.29. The van der Waals surface area contributed by atoms with Crippen molar-refractivity contribution >= 4 is 0 Å². The average molecular weight is 332 g/mol. The molecule has 1 aromatic carbocycles. The molecule has 7 heteroatoms. The van der Waals surface area contributed by atoms with Gasteiger partial charge in [-0.2, -0.15) is 13.2 Å². The highest BCUT2D eigenvalue weighted by Crippen LogP contribution is 2.34. The second kappa shape index (κ2) is 7.61. The third-order valence-electron chi connectivity index (χ3n) is 4.04. The standard InChI is InChI=1S/C16H23F3N2O2/c1-12(22)10-20-6-8-21(9-7-20)11-15(23)13-4-2-3-5-14(13)16(17,18)19/h2-5,12,15,22-23H,6-11H2,1H3/t12-,15+/m1/s1. The van der Waals surface area contributed by atoms with Gasteiger partial charge in [-0.05, 0) is 18.6 Å². The van der Waals surface area contributed by atoms with Crippen LogP contribution in [0.1, 0.15) is 24.2 Å². The molecule has 0 saturated carbocycles. The van der Waals surface area contributed by atoms with Gasteiger partial charge in [-0.1, -0.05) is 18.2 Å². The summed E-state index contributed by atoms with van der Waals surface area (Å²) in [5.74, 6) is 0. The van der Waals surface area contributed by atoms with E-state index in [-0.39, 0.29) is 12.1 Å². The molecule has 0 radical (unpaired) electrons. The molecule has 130 valence electrons. The minimum Gasteiger partial charge on any atom is -0.392 e. The lowest BCUT2D eigenvalue weighted by atomic mass is 10.0. The molecule has 0 bridgehead atoms. The SMILES string of the molecule is C[C@@H](O)CN1CCN(C[C@H](O)c2ccccc2C(F)(F)F)CC1. The van der Waals surface area contributed by atoms with Gasteiger partial charge in [-0.15, -0.1) is 0 Å². The topological polar surface area (TPSA) is 46.9 Å². The maximum absolute atomic E-state index is 13.0. The first-order valence-electron chi connectivity index (χ1n) is 7.74. The fourth-order valence-electron chi connectivity index (χ4n) is 2.92. The summed E-state index contributed by atoms with van der Waals surface area (Å²) in [6.07, 6.45) is -6.03. The lowest BCUT2D eigenvalue weighted by molar-refractivity contribution is -0.139. The maximum Gasteiger partial charge on any atom is 0.416 e. The molecule has 2 atom stereocenters. The normalized spacial score (nSPS) is 20.4. The second-order valence-corrected chi connectivity index (χ2v) is 6.05. The van der Waals surface area contributed by atoms with Crippen molar-refractivity contribution in [2.45, 2.75) is 25.3 Å². The first-order chi connectivity index (χ1) is 10.8. The van der Waals surface area contributed by atoms with Crippen LogP contribution in [0.3, 0.4) is 0 Å². The molecule has 1 aromatic rings. The molecule has 23 heavy (non-hydrogen) atoms. The average Bonchev–Trinajstić information content (AvgIpc) is 2.48. The Kier molecular flexibility index (Phi) is 6.02. The van der Waals surface area contributed by atoms with Crippen molar-refractivity contribution in [2.75, 3.05) is 39.3 Å². The number of halogens is 3. The monoisotopic (exact) mass is 332 g/mol. The van der Waals surface area contributed by atoms with Crippen LogP contribution in [0.5, 0.6) is 0 Å². The van der Waals surface area contributed by atoms with E-state index in [1.807, 2.05) is 4.90 Å². The summed E-state index contributed by atoms with van der Waals surface area (Å²) >= 11 is 0. The Morgan fingerprint density at radius 3 is 2.04 bits per heavy atom. The summed E-state index contributed by atoms with van der Waals surface area (Å²) in [5.41, 5.74) is -0.855. The summed E-state index contributed by atoms with van der Waals surface area (Å²) in [6, 6.07) is 5.17. The smallest absolute Gasteiger partial charge is 0.392 e. The minimum absolute atomic E-state index is 0.0774. The molecule has 2 N–H and O–H groups in total. The molecule has 1 aliphatic heterocycles. The van der Waals surface area contributed by atoms with Crippen LogP contribution < -0.4 is 0 Å². The number of aliphatic hydroxyl groups is 2. The summed E-state index contributed by atoms with van der Waals surface area (Å²) in [7, 11) is 0. The molecule has 0 aromatic heterocycles. The summed E-state index contributed by atoms with van der Waals surface area (Å²) in [4.78, 5) is 4.06. The predicted octanol–water partition coefficient (Wildman–Crippen LogP) is 1.74. The number of alkyl halides is 3. The zero-order valence-corrected chi connectivity index (χ0v) is 13.1. The fraction of sp³-hybridized carbons (Fsp3) is 0.625. The highest BCUT2D eigenvalue weighted by molar-refractivity contribution is 5.31. The summed E-state index contributed by atoms with van der Waals surface area (Å²) < 4.78 is 39.0. The van der Waals surface area contributed by atoms with Crippen LogP contribution in [-0.2, 0) is 6.18 Å². The Balaban J connectivity index is 1.95. The van der Waals surface area contributed by atoms with Gasteiger partial charge in [0, 0.05) is 39.3 Å². The van der Waals surface area contributed by atoms with Crippen molar-refractivity contribution < 1.29 is 23.4 Å². The van der Waals surface area contributed by atoms with Crippen LogP contribution in [0.15, 0.2) is 24.3 Å². The first kappa shape index (κ1) is 18.2. The van der Waals surface area contributed by atoms with Crippen LogP contribution in [-0.4, -0.2) is 65.4 Å². The molecular weight excluding hydrogens is 309 g/mol. The number of nitrogens with zero attached hydrogens (tertiary/aromatic N) is 2. The molecule has 0 amide bonds. The van der Waals surface area contributed by atoms with Gasteiger partial charge >= 0.3 is 6.18 Å². The van der Waals surface area contributed by atoms with Gasteiger partial charge in [-0.3, -0.25) is 9.80 Å². The van der Waals surface area contributed by atoms with Gasteiger partial charge in [-0.25, -0.2) is 0 Å². The van der Waals surface area contributed by atoms with Gasteiger partial charge in [0.1, 0.15) is 0 Å². The van der Waals surface area contributed by atoms with Crippen molar-refractivity contribution in [1.29, 1.82) is 0 Å². The number of rotatable bonds is 5. The Hall–Kier alpha value is -1.15. The number of β-amino-alcohol motifs (C(OH)–C–C–N with tert-alkyl or cyclic N) is 2. The minimum atomic E-state index is -4.46. The second-order valence-electron chi connectivity index (χ2n) is 6.05. The molecule has 0 aliphatic carbocycles. The molecule has 1 fully saturated rings. The van der Waals surface area contributed by atoms with Crippen LogP contribution >= 0.6 is 0 Å². The van der Waals surface area contributed by atoms with E-state index in [1.54, 1.807) is 6.92 Å². The molecule has 0 unspecified atom stereocenters. The van der Waals surface area contributed by atoms with E-state index in [9.17, 15) is 23.4 Å². The Morgan fingerprint density at radius 1 is 1.00 bits per heavy atom. The Labute approximate surface area is 134 Å². The van der Waals surface area contributed by atoms with Crippen molar-refractivity contribution in [3.8, 4) is 0 Å². The lowest BCUT2D eigenvalue weighted by Crippen LogP contribution is -2.49. The molecule has 1 aliphatic rings. The van der Waals surface area contributed by atoms with E-state index < -0.39 is 23.9 Å². The number of hydrogen-bond donors (Lipinski definition) is 2. The van der Waals surface area contributed by atoms with Crippen LogP contribution in [0.4, 0.5) is 13.2 Å². The molecule has 2 rings (SSSR count). The lowest BCUT2D eigenvalue weighted by Gasteiger charge is -2.36. The van der Waals surface area contributed by atoms with Crippen molar-refractivity contribution in [1.82, 2.24) is 9.80 Å². The van der Waals surface area contributed by atoms with Crippen molar-refractivity contribution in [3.63, 3.8) is 0 Å². The first-order valence-corrected chi connectivity index (χ1v) is 7.74. The van der Waals surface area contributed by atoms with E-state index in [2.05, 4.69) is 4.90 Å². The highest BCUT2D eigenvalue weighted by Gasteiger charge is 2.35. The van der Waals surface area contributed by atoms with E-state index in [4.69, 9.17) is 0 Å². The highest BCUT2D eigenvalue weighted by atomic mass is 19.4. The number of benzene rings is 1. The third-order valence-corrected chi connectivity index (χ3v) is 4.04. The van der Waals surface area contributed by atoms with Crippen LogP contribution in [0, 0.1) is 0 Å². The van der Waals surface area contributed by atoms with Crippen molar-refractivity contribution in [2.24, 2.45) is 0 Å². The van der Waals surface area contributed by atoms with E-state index >= 15 is 0 Å². The fourth-order valence-corrected chi connectivity index (χ4v) is 2.92. The van der Waals surface area contributed by atoms with Gasteiger partial charge in [0.2, 0.25) is 0 Å². The summed E-state index contributed by atoms with van der Waals surface area (Å²) in [5, 5.41) is 19.6. The Morgan fingerprint density at radius 2 is 1.52 bits per heavy atom. The number of piperazine rings is 1. The van der Waals surface area contributed by atoms with Gasteiger partial charge in [0.05, 0.1) is 17.8 Å². The van der Waals surface area contributed by atoms with E-state index in [1.165, 1.54) is 18.2 Å². The van der Waals surface area contributed by atoms with Crippen molar-refractivity contribution in [3.05, 3.63) is 35.4 Å². The largest absolute Gasteiger partial charge is 0.416 e. The maximum atomic E-state index is 13.0. The van der Waals surface area contributed by atoms with E-state index in [0.29, 0.717) is 19.6 Å². The third kappa shape index (κ3) is 5.17. The molecule has 4 nitrogen and oxygen atoms in total. The zero-order chi connectivity index (χ0) is 17.0. The molecule has 1 heterocycles. The zero-order valence-electron chi connectivity index (χ0n) is 13.1. The quantitative estimate of drug-likeness (QED) is 0.862. The van der Waals surface area contributed by atoms with Crippen LogP contribution in [0.2, 0.25) is 0 Å². The van der Waals surface area contributed by atoms with Crippen LogP contribution in [0.25, 0.3) is 0 Å². The van der Waals surface area contributed by atoms with E-state index in [0.717, 1.165) is 19.2 Å². The Bertz CT molecular complexity index is 500. The molecule has 1 saturated heterocycles. The molecular formula is C16H23F3N2O2. The molecule has 0 spiro atoms. The van der Waals surface area contributed by atoms with Gasteiger partial charge < -0.3 is 10.2 Å². The van der Waals surface area contributed by atoms with Gasteiger partial charge in [0.25, 0.3) is 0 Å². The number of aliphatic hydroxyl groups excluding tert-OH is 2.